The zero-order valence-electron chi connectivity index (χ0n) is 17.8. The largest absolute Gasteiger partial charge is 0.493 e. The van der Waals surface area contributed by atoms with E-state index in [1.54, 1.807) is 12.0 Å². The smallest absolute Gasteiger partial charge is 0.266 e. The van der Waals surface area contributed by atoms with Gasteiger partial charge in [-0.1, -0.05) is 44.5 Å². The molecule has 1 saturated heterocycles. The third-order valence-electron chi connectivity index (χ3n) is 4.56. The van der Waals surface area contributed by atoms with Gasteiger partial charge in [-0.05, 0) is 60.5 Å². The van der Waals surface area contributed by atoms with Crippen LogP contribution in [-0.2, 0) is 4.79 Å². The van der Waals surface area contributed by atoms with Gasteiger partial charge in [0.05, 0.1) is 24.3 Å². The van der Waals surface area contributed by atoms with Crippen molar-refractivity contribution < 1.29 is 14.3 Å². The molecule has 1 aliphatic heterocycles. The van der Waals surface area contributed by atoms with Crippen molar-refractivity contribution in [2.75, 3.05) is 20.3 Å². The Morgan fingerprint density at radius 2 is 1.87 bits per heavy atom. The maximum atomic E-state index is 13.0. The Morgan fingerprint density at radius 3 is 2.57 bits per heavy atom. The van der Waals surface area contributed by atoms with E-state index in [2.05, 4.69) is 18.8 Å². The van der Waals surface area contributed by atoms with Crippen LogP contribution in [-0.4, -0.2) is 36.2 Å². The van der Waals surface area contributed by atoms with Crippen molar-refractivity contribution in [3.63, 3.8) is 0 Å². The Bertz CT molecular complexity index is 925. The van der Waals surface area contributed by atoms with Crippen LogP contribution >= 0.6 is 11.8 Å². The molecule has 0 aromatic heterocycles. The highest BCUT2D eigenvalue weighted by Gasteiger charge is 2.32. The Hall–Kier alpha value is -2.73. The zero-order valence-corrected chi connectivity index (χ0v) is 18.6. The molecule has 0 bridgehead atoms. The topological polar surface area (TPSA) is 51.1 Å². The van der Waals surface area contributed by atoms with Crippen molar-refractivity contribution in [2.45, 2.75) is 33.1 Å². The molecule has 0 radical (unpaired) electrons. The first-order valence-corrected chi connectivity index (χ1v) is 11.1. The van der Waals surface area contributed by atoms with E-state index in [9.17, 15) is 4.79 Å². The number of amidine groups is 1. The number of unbranched alkanes of at least 4 members (excludes halogenated alkanes) is 1. The summed E-state index contributed by atoms with van der Waals surface area (Å²) in [5, 5.41) is 0.714. The second-order valence-corrected chi connectivity index (χ2v) is 7.92. The third-order valence-corrected chi connectivity index (χ3v) is 5.56. The van der Waals surface area contributed by atoms with Crippen molar-refractivity contribution in [2.24, 2.45) is 4.99 Å². The lowest BCUT2D eigenvalue weighted by Crippen LogP contribution is -2.29. The standard InChI is InChI=1S/C24H28N2O3S/c1-4-6-15-29-20-13-12-18(16-21(20)28-3)17-22-23(27)26(14-5-2)24(30-22)25-19-10-8-7-9-11-19/h7-13,16-17H,4-6,14-15H2,1-3H3. The van der Waals surface area contributed by atoms with Crippen LogP contribution in [0.2, 0.25) is 0 Å². The molecule has 0 aliphatic carbocycles. The number of hydrogen-bond donors (Lipinski definition) is 0. The summed E-state index contributed by atoms with van der Waals surface area (Å²) in [5.41, 5.74) is 1.73. The molecule has 1 aliphatic rings. The molecular weight excluding hydrogens is 396 g/mol. The zero-order chi connectivity index (χ0) is 21.3. The van der Waals surface area contributed by atoms with Gasteiger partial charge in [0.1, 0.15) is 0 Å². The van der Waals surface area contributed by atoms with Crippen molar-refractivity contribution in [3.8, 4) is 11.5 Å². The van der Waals surface area contributed by atoms with E-state index in [0.29, 0.717) is 29.0 Å². The number of nitrogens with zero attached hydrogens (tertiary/aromatic N) is 2. The summed E-state index contributed by atoms with van der Waals surface area (Å²) in [6, 6.07) is 15.5. The molecule has 0 saturated carbocycles. The summed E-state index contributed by atoms with van der Waals surface area (Å²) >= 11 is 1.41. The van der Waals surface area contributed by atoms with Crippen LogP contribution in [0.1, 0.15) is 38.7 Å². The second-order valence-electron chi connectivity index (χ2n) is 6.91. The lowest BCUT2D eigenvalue weighted by atomic mass is 10.2. The molecule has 30 heavy (non-hydrogen) atoms. The first kappa shape index (κ1) is 22.0. The maximum absolute atomic E-state index is 13.0. The van der Waals surface area contributed by atoms with Crippen LogP contribution < -0.4 is 9.47 Å². The Balaban J connectivity index is 1.85. The van der Waals surface area contributed by atoms with Gasteiger partial charge in [-0.15, -0.1) is 0 Å². The number of aliphatic imine (C=N–C) groups is 1. The van der Waals surface area contributed by atoms with Gasteiger partial charge >= 0.3 is 0 Å². The van der Waals surface area contributed by atoms with Crippen LogP contribution in [0.5, 0.6) is 11.5 Å². The Labute approximate surface area is 182 Å². The molecule has 1 fully saturated rings. The van der Waals surface area contributed by atoms with Crippen LogP contribution in [0.4, 0.5) is 5.69 Å². The second kappa shape index (κ2) is 10.9. The molecule has 0 atom stereocenters. The van der Waals surface area contributed by atoms with Gasteiger partial charge in [-0.2, -0.15) is 0 Å². The van der Waals surface area contributed by atoms with E-state index >= 15 is 0 Å². The van der Waals surface area contributed by atoms with Crippen molar-refractivity contribution in [1.29, 1.82) is 0 Å². The highest BCUT2D eigenvalue weighted by atomic mass is 32.2. The minimum atomic E-state index is -0.0150. The van der Waals surface area contributed by atoms with Gasteiger partial charge in [0.25, 0.3) is 5.91 Å². The monoisotopic (exact) mass is 424 g/mol. The first-order valence-electron chi connectivity index (χ1n) is 10.3. The number of carbonyl (C=O) groups is 1. The fourth-order valence-corrected chi connectivity index (χ4v) is 4.02. The molecule has 158 valence electrons. The molecule has 2 aromatic rings. The highest BCUT2D eigenvalue weighted by molar-refractivity contribution is 8.18. The van der Waals surface area contributed by atoms with Gasteiger partial charge in [-0.3, -0.25) is 9.69 Å². The molecule has 5 nitrogen and oxygen atoms in total. The van der Waals surface area contributed by atoms with E-state index in [1.807, 2.05) is 54.6 Å². The van der Waals surface area contributed by atoms with Crippen molar-refractivity contribution in [1.82, 2.24) is 4.90 Å². The summed E-state index contributed by atoms with van der Waals surface area (Å²) in [5.74, 6) is 1.37. The number of para-hydroxylation sites is 1. The van der Waals surface area contributed by atoms with Gasteiger partial charge < -0.3 is 9.47 Å². The Morgan fingerprint density at radius 1 is 1.07 bits per heavy atom. The highest BCUT2D eigenvalue weighted by Crippen LogP contribution is 2.36. The SMILES string of the molecule is CCCCOc1ccc(C=C2SC(=Nc3ccccc3)N(CCC)C2=O)cc1OC. The molecular formula is C24H28N2O3S. The van der Waals surface area contributed by atoms with Gasteiger partial charge in [-0.25, -0.2) is 4.99 Å². The van der Waals surface area contributed by atoms with Crippen molar-refractivity contribution in [3.05, 3.63) is 59.0 Å². The fraction of sp³-hybridized carbons (Fsp3) is 0.333. The minimum absolute atomic E-state index is 0.0150. The van der Waals surface area contributed by atoms with Crippen molar-refractivity contribution >= 4 is 34.6 Å². The molecule has 1 amide bonds. The van der Waals surface area contributed by atoms with E-state index in [-0.39, 0.29) is 5.91 Å². The Kier molecular flexibility index (Phi) is 7.97. The summed E-state index contributed by atoms with van der Waals surface area (Å²) in [7, 11) is 1.63. The predicted molar refractivity (Wildman–Crippen MR) is 125 cm³/mol. The molecule has 6 heteroatoms. The van der Waals surface area contributed by atoms with Gasteiger partial charge in [0.15, 0.2) is 16.7 Å². The summed E-state index contributed by atoms with van der Waals surface area (Å²) < 4.78 is 11.3. The van der Waals surface area contributed by atoms with Gasteiger partial charge in [0, 0.05) is 6.54 Å². The average molecular weight is 425 g/mol. The summed E-state index contributed by atoms with van der Waals surface area (Å²) in [4.78, 5) is 20.1. The lowest BCUT2D eigenvalue weighted by Gasteiger charge is -2.13. The molecule has 1 heterocycles. The fourth-order valence-electron chi connectivity index (χ4n) is 3.00. The lowest BCUT2D eigenvalue weighted by molar-refractivity contribution is -0.122. The number of ether oxygens (including phenoxy) is 2. The predicted octanol–water partition coefficient (Wildman–Crippen LogP) is 5.89. The molecule has 0 N–H and O–H groups in total. The summed E-state index contributed by atoms with van der Waals surface area (Å²) in [6.07, 6.45) is 4.83. The minimum Gasteiger partial charge on any atom is -0.493 e. The van der Waals surface area contributed by atoms with Crippen LogP contribution in [0.15, 0.2) is 58.4 Å². The quantitative estimate of drug-likeness (QED) is 0.372. The molecule has 2 aromatic carbocycles. The maximum Gasteiger partial charge on any atom is 0.266 e. The van der Waals surface area contributed by atoms with Crippen LogP contribution in [0.3, 0.4) is 0 Å². The average Bonchev–Trinajstić information content (AvgIpc) is 3.04. The van der Waals surface area contributed by atoms with E-state index in [1.165, 1.54) is 11.8 Å². The van der Waals surface area contributed by atoms with Crippen LogP contribution in [0, 0.1) is 0 Å². The van der Waals surface area contributed by atoms with E-state index in [0.717, 1.165) is 36.3 Å². The normalized spacial score (nSPS) is 16.5. The molecule has 3 rings (SSSR count). The van der Waals surface area contributed by atoms with E-state index < -0.39 is 0 Å². The molecule has 0 unspecified atom stereocenters. The number of carbonyl (C=O) groups excluding carboxylic acids is 1. The number of hydrogen-bond acceptors (Lipinski definition) is 5. The van der Waals surface area contributed by atoms with Crippen LogP contribution in [0.25, 0.3) is 6.08 Å². The number of benzene rings is 2. The van der Waals surface area contributed by atoms with E-state index in [4.69, 9.17) is 9.47 Å². The van der Waals surface area contributed by atoms with Gasteiger partial charge in [0.2, 0.25) is 0 Å². The number of thioether (sulfide) groups is 1. The molecule has 0 spiro atoms. The first-order chi connectivity index (χ1) is 14.7. The number of rotatable bonds is 9. The number of amides is 1. The third kappa shape index (κ3) is 5.45. The summed E-state index contributed by atoms with van der Waals surface area (Å²) in [6.45, 7) is 5.49. The number of methoxy groups -OCH3 is 1.